The number of nitrogens with two attached hydrogens (primary N) is 1. The van der Waals surface area contributed by atoms with E-state index < -0.39 is 5.97 Å². The Kier molecular flexibility index (Phi) is 5.02. The molecule has 1 saturated carbocycles. The topological polar surface area (TPSA) is 77.2 Å². The molecule has 1 aliphatic carbocycles. The molecule has 3 rings (SSSR count). The zero-order chi connectivity index (χ0) is 17.1. The quantitative estimate of drug-likeness (QED) is 0.799. The molecule has 24 heavy (non-hydrogen) atoms. The van der Waals surface area contributed by atoms with E-state index in [1.165, 1.54) is 19.6 Å². The molecule has 1 heterocycles. The average molecular weight is 346 g/mol. The lowest BCUT2D eigenvalue weighted by molar-refractivity contribution is 0.0594. The fourth-order valence-corrected chi connectivity index (χ4v) is 3.16. The van der Waals surface area contributed by atoms with Gasteiger partial charge in [0.25, 0.3) is 0 Å². The second kappa shape index (κ2) is 7.20. The van der Waals surface area contributed by atoms with E-state index in [4.69, 9.17) is 22.1 Å². The van der Waals surface area contributed by atoms with E-state index in [0.717, 1.165) is 24.1 Å². The molecule has 0 aliphatic heterocycles. The van der Waals surface area contributed by atoms with Crippen LogP contribution in [0.25, 0.3) is 0 Å². The largest absolute Gasteiger partial charge is 0.464 e. The minimum Gasteiger partial charge on any atom is -0.464 e. The van der Waals surface area contributed by atoms with E-state index in [1.807, 2.05) is 30.3 Å². The van der Waals surface area contributed by atoms with Crippen LogP contribution < -0.4 is 11.1 Å². The predicted molar refractivity (Wildman–Crippen MR) is 94.6 cm³/mol. The van der Waals surface area contributed by atoms with Gasteiger partial charge in [-0.15, -0.1) is 0 Å². The van der Waals surface area contributed by atoms with E-state index in [-0.39, 0.29) is 11.7 Å². The summed E-state index contributed by atoms with van der Waals surface area (Å²) in [4.78, 5) is 16.3. The van der Waals surface area contributed by atoms with Crippen LogP contribution in [-0.4, -0.2) is 18.1 Å². The molecule has 1 aliphatic rings. The molecule has 1 unspecified atom stereocenters. The molecule has 2 aromatic rings. The fourth-order valence-electron chi connectivity index (χ4n) is 2.84. The van der Waals surface area contributed by atoms with Gasteiger partial charge in [0, 0.05) is 17.3 Å². The van der Waals surface area contributed by atoms with E-state index in [2.05, 4.69) is 10.3 Å². The van der Waals surface area contributed by atoms with Gasteiger partial charge in [0.1, 0.15) is 5.82 Å². The second-order valence-electron chi connectivity index (χ2n) is 5.95. The first-order valence-corrected chi connectivity index (χ1v) is 8.34. The van der Waals surface area contributed by atoms with Gasteiger partial charge in [-0.1, -0.05) is 36.2 Å². The maximum absolute atomic E-state index is 11.9. The Balaban J connectivity index is 2.03. The highest BCUT2D eigenvalue weighted by molar-refractivity contribution is 6.32. The summed E-state index contributed by atoms with van der Waals surface area (Å²) in [6.07, 6.45) is 3.35. The van der Waals surface area contributed by atoms with Crippen LogP contribution in [0.15, 0.2) is 36.4 Å². The number of nitrogens with zero attached hydrogens (tertiary/aromatic N) is 1. The summed E-state index contributed by atoms with van der Waals surface area (Å²) in [5.74, 6) is 0.370. The zero-order valence-corrected chi connectivity index (χ0v) is 14.2. The van der Waals surface area contributed by atoms with Crippen molar-refractivity contribution in [3.63, 3.8) is 0 Å². The average Bonchev–Trinajstić information content (AvgIpc) is 2.52. The molecule has 6 heteroatoms. The smallest absolute Gasteiger partial charge is 0.356 e. The zero-order valence-electron chi connectivity index (χ0n) is 13.5. The van der Waals surface area contributed by atoms with Crippen molar-refractivity contribution in [1.29, 1.82) is 0 Å². The standard InChI is InChI=1S/C18H20ClN3O2/c1-24-18(23)14-10-13(19)15(16(20)11-6-5-7-11)17(22-14)21-12-8-3-2-4-9-12/h2-4,8-11,16H,5-7,20H2,1H3,(H,21,22). The van der Waals surface area contributed by atoms with Crippen molar-refractivity contribution in [2.75, 3.05) is 12.4 Å². The summed E-state index contributed by atoms with van der Waals surface area (Å²) in [7, 11) is 1.32. The number of aromatic nitrogens is 1. The van der Waals surface area contributed by atoms with Gasteiger partial charge >= 0.3 is 5.97 Å². The summed E-state index contributed by atoms with van der Waals surface area (Å²) < 4.78 is 4.76. The Bertz CT molecular complexity index is 733. The monoisotopic (exact) mass is 345 g/mol. The molecule has 0 spiro atoms. The van der Waals surface area contributed by atoms with Gasteiger partial charge in [0.2, 0.25) is 0 Å². The Morgan fingerprint density at radius 1 is 1.38 bits per heavy atom. The molecular formula is C18H20ClN3O2. The highest BCUT2D eigenvalue weighted by atomic mass is 35.5. The van der Waals surface area contributed by atoms with Crippen LogP contribution >= 0.6 is 11.6 Å². The molecule has 1 aromatic heterocycles. The summed E-state index contributed by atoms with van der Waals surface area (Å²) in [6.45, 7) is 0. The first kappa shape index (κ1) is 16.7. The van der Waals surface area contributed by atoms with Gasteiger partial charge in [-0.3, -0.25) is 0 Å². The van der Waals surface area contributed by atoms with Crippen LogP contribution in [0, 0.1) is 5.92 Å². The van der Waals surface area contributed by atoms with Crippen LogP contribution in [-0.2, 0) is 4.74 Å². The van der Waals surface area contributed by atoms with Gasteiger partial charge in [-0.05, 0) is 37.0 Å². The van der Waals surface area contributed by atoms with Crippen molar-refractivity contribution < 1.29 is 9.53 Å². The Morgan fingerprint density at radius 2 is 2.08 bits per heavy atom. The number of para-hydroxylation sites is 1. The number of anilines is 2. The fraction of sp³-hybridized carbons (Fsp3) is 0.333. The first-order chi connectivity index (χ1) is 11.6. The summed E-state index contributed by atoms with van der Waals surface area (Å²) >= 11 is 6.45. The molecule has 1 aromatic carbocycles. The lowest BCUT2D eigenvalue weighted by Crippen LogP contribution is -2.28. The van der Waals surface area contributed by atoms with E-state index in [0.29, 0.717) is 16.8 Å². The van der Waals surface area contributed by atoms with Crippen molar-refractivity contribution >= 4 is 29.1 Å². The third-order valence-corrected chi connectivity index (χ3v) is 4.74. The normalized spacial score (nSPS) is 15.5. The predicted octanol–water partition coefficient (Wildman–Crippen LogP) is 4.07. The van der Waals surface area contributed by atoms with Crippen molar-refractivity contribution in [3.8, 4) is 0 Å². The summed E-state index contributed by atoms with van der Waals surface area (Å²) in [5, 5.41) is 3.67. The third kappa shape index (κ3) is 3.37. The molecule has 126 valence electrons. The van der Waals surface area contributed by atoms with Gasteiger partial charge in [0.05, 0.1) is 12.1 Å². The van der Waals surface area contributed by atoms with E-state index in [1.54, 1.807) is 0 Å². The number of rotatable bonds is 5. The molecule has 3 N–H and O–H groups in total. The molecular weight excluding hydrogens is 326 g/mol. The SMILES string of the molecule is COC(=O)c1cc(Cl)c(C(N)C2CCC2)c(Nc2ccccc2)n1. The highest BCUT2D eigenvalue weighted by Gasteiger charge is 2.30. The van der Waals surface area contributed by atoms with E-state index >= 15 is 0 Å². The molecule has 0 bridgehead atoms. The van der Waals surface area contributed by atoms with Gasteiger partial charge in [-0.25, -0.2) is 9.78 Å². The maximum Gasteiger partial charge on any atom is 0.356 e. The number of hydrogen-bond donors (Lipinski definition) is 2. The number of esters is 1. The molecule has 1 fully saturated rings. The highest BCUT2D eigenvalue weighted by Crippen LogP contribution is 2.41. The molecule has 0 radical (unpaired) electrons. The Morgan fingerprint density at radius 3 is 2.67 bits per heavy atom. The van der Waals surface area contributed by atoms with Gasteiger partial charge in [-0.2, -0.15) is 0 Å². The lowest BCUT2D eigenvalue weighted by atomic mass is 9.77. The van der Waals surface area contributed by atoms with Gasteiger partial charge in [0.15, 0.2) is 5.69 Å². The number of halogens is 1. The number of carbonyl (C=O) groups excluding carboxylic acids is 1. The molecule has 0 amide bonds. The van der Waals surface area contributed by atoms with Crippen LogP contribution in [0.1, 0.15) is 41.4 Å². The lowest BCUT2D eigenvalue weighted by Gasteiger charge is -2.32. The van der Waals surface area contributed by atoms with Gasteiger partial charge < -0.3 is 15.8 Å². The maximum atomic E-state index is 11.9. The summed E-state index contributed by atoms with van der Waals surface area (Å²) in [5.41, 5.74) is 8.19. The number of pyridine rings is 1. The summed E-state index contributed by atoms with van der Waals surface area (Å²) in [6, 6.07) is 10.9. The van der Waals surface area contributed by atoms with Crippen molar-refractivity contribution in [2.24, 2.45) is 11.7 Å². The number of methoxy groups -OCH3 is 1. The minimum absolute atomic E-state index is 0.158. The van der Waals surface area contributed by atoms with Crippen LogP contribution in [0.4, 0.5) is 11.5 Å². The number of benzene rings is 1. The van der Waals surface area contributed by atoms with Crippen molar-refractivity contribution in [2.45, 2.75) is 25.3 Å². The number of carbonyl (C=O) groups is 1. The molecule has 0 saturated heterocycles. The van der Waals surface area contributed by atoms with Crippen molar-refractivity contribution in [3.05, 3.63) is 52.7 Å². The molecule has 1 atom stereocenters. The Hall–Kier alpha value is -2.11. The molecule has 5 nitrogen and oxygen atoms in total. The first-order valence-electron chi connectivity index (χ1n) is 7.96. The van der Waals surface area contributed by atoms with Crippen LogP contribution in [0.2, 0.25) is 5.02 Å². The van der Waals surface area contributed by atoms with Crippen LogP contribution in [0.3, 0.4) is 0 Å². The van der Waals surface area contributed by atoms with E-state index in [9.17, 15) is 4.79 Å². The minimum atomic E-state index is -0.531. The number of nitrogens with one attached hydrogen (secondary N) is 1. The van der Waals surface area contributed by atoms with Crippen molar-refractivity contribution in [1.82, 2.24) is 4.98 Å². The number of ether oxygens (including phenoxy) is 1. The van der Waals surface area contributed by atoms with Crippen LogP contribution in [0.5, 0.6) is 0 Å². The third-order valence-electron chi connectivity index (χ3n) is 4.43. The number of hydrogen-bond acceptors (Lipinski definition) is 5. The second-order valence-corrected chi connectivity index (χ2v) is 6.36. The Labute approximate surface area is 146 Å².